The Morgan fingerprint density at radius 2 is 1.90 bits per heavy atom. The van der Waals surface area contributed by atoms with Crippen LogP contribution in [-0.4, -0.2) is 38.4 Å². The molecule has 0 aromatic heterocycles. The molecule has 110 valence electrons. The van der Waals surface area contributed by atoms with E-state index < -0.39 is 0 Å². The van der Waals surface area contributed by atoms with Gasteiger partial charge in [0.15, 0.2) is 0 Å². The summed E-state index contributed by atoms with van der Waals surface area (Å²) in [5.41, 5.74) is 1.48. The molecule has 2 aliphatic heterocycles. The Kier molecular flexibility index (Phi) is 5.06. The zero-order chi connectivity index (χ0) is 13.6. The Morgan fingerprint density at radius 3 is 2.60 bits per heavy atom. The molecule has 0 spiro atoms. The van der Waals surface area contributed by atoms with Crippen molar-refractivity contribution in [3.63, 3.8) is 0 Å². The summed E-state index contributed by atoms with van der Waals surface area (Å²) in [5.74, 6) is 0. The largest absolute Gasteiger partial charge is 0.372 e. The Balaban J connectivity index is 1.36. The van der Waals surface area contributed by atoms with Crippen LogP contribution in [-0.2, 0) is 11.3 Å². The van der Waals surface area contributed by atoms with E-state index in [0.717, 1.165) is 12.6 Å². The average molecular weight is 276 g/mol. The van der Waals surface area contributed by atoms with Crippen molar-refractivity contribution in [1.29, 1.82) is 0 Å². The lowest BCUT2D eigenvalue weighted by molar-refractivity contribution is -0.926. The van der Waals surface area contributed by atoms with Gasteiger partial charge in [-0.3, -0.25) is 0 Å². The molecule has 1 atom stereocenters. The fourth-order valence-corrected chi connectivity index (χ4v) is 3.52. The van der Waals surface area contributed by atoms with E-state index in [1.165, 1.54) is 57.4 Å². The molecule has 0 aliphatic carbocycles. The number of piperidine rings is 1. The van der Waals surface area contributed by atoms with E-state index in [1.54, 1.807) is 4.90 Å². The minimum absolute atomic E-state index is 0.532. The van der Waals surface area contributed by atoms with Crippen molar-refractivity contribution in [3.8, 4) is 0 Å². The van der Waals surface area contributed by atoms with E-state index in [0.29, 0.717) is 6.10 Å². The number of nitrogens with two attached hydrogens (primary N) is 1. The molecule has 0 unspecified atom stereocenters. The second-order valence-electron chi connectivity index (χ2n) is 6.36. The van der Waals surface area contributed by atoms with Crippen molar-refractivity contribution in [2.45, 2.75) is 44.4 Å². The fourth-order valence-electron chi connectivity index (χ4n) is 3.52. The molecule has 2 fully saturated rings. The highest BCUT2D eigenvalue weighted by molar-refractivity contribution is 5.13. The number of benzene rings is 1. The lowest BCUT2D eigenvalue weighted by atomic mass is 10.0. The molecule has 0 bridgehead atoms. The van der Waals surface area contributed by atoms with Crippen LogP contribution >= 0.6 is 0 Å². The van der Waals surface area contributed by atoms with Gasteiger partial charge >= 0.3 is 0 Å². The lowest BCUT2D eigenvalue weighted by Crippen LogP contribution is -3.13. The second kappa shape index (κ2) is 7.21. The van der Waals surface area contributed by atoms with Crippen LogP contribution in [0.2, 0.25) is 0 Å². The summed E-state index contributed by atoms with van der Waals surface area (Å²) >= 11 is 0. The van der Waals surface area contributed by atoms with Crippen molar-refractivity contribution in [2.24, 2.45) is 0 Å². The van der Waals surface area contributed by atoms with E-state index in [-0.39, 0.29) is 0 Å². The van der Waals surface area contributed by atoms with Crippen LogP contribution in [0, 0.1) is 0 Å². The molecule has 20 heavy (non-hydrogen) atoms. The first-order chi connectivity index (χ1) is 9.90. The molecule has 1 aromatic rings. The SMILES string of the molecule is c1ccc(C[NH+]2CCC([NH2+]C[C@H]3CCCO3)CC2)cc1. The maximum absolute atomic E-state index is 5.71. The van der Waals surface area contributed by atoms with Crippen LogP contribution < -0.4 is 10.2 Å². The minimum Gasteiger partial charge on any atom is -0.372 e. The summed E-state index contributed by atoms with van der Waals surface area (Å²) in [6, 6.07) is 11.7. The molecule has 2 saturated heterocycles. The number of quaternary nitrogens is 2. The Labute approximate surface area is 122 Å². The van der Waals surface area contributed by atoms with Crippen LogP contribution in [0.25, 0.3) is 0 Å². The van der Waals surface area contributed by atoms with Gasteiger partial charge in [0.2, 0.25) is 0 Å². The molecule has 3 nitrogen and oxygen atoms in total. The molecule has 2 heterocycles. The summed E-state index contributed by atoms with van der Waals surface area (Å²) in [5, 5.41) is 2.55. The van der Waals surface area contributed by atoms with Gasteiger partial charge < -0.3 is 15.0 Å². The van der Waals surface area contributed by atoms with Crippen LogP contribution in [0.3, 0.4) is 0 Å². The molecular weight excluding hydrogens is 248 g/mol. The molecule has 3 rings (SSSR count). The number of rotatable bonds is 5. The molecule has 3 N–H and O–H groups in total. The standard InChI is InChI=1S/C17H26N2O/c1-2-5-15(6-3-1)14-19-10-8-16(9-11-19)18-13-17-7-4-12-20-17/h1-3,5-6,16-18H,4,7-14H2/p+2/t17-/m1/s1. The Morgan fingerprint density at radius 1 is 1.10 bits per heavy atom. The first-order valence-corrected chi connectivity index (χ1v) is 8.22. The smallest absolute Gasteiger partial charge is 0.106 e. The second-order valence-corrected chi connectivity index (χ2v) is 6.36. The predicted octanol–water partition coefficient (Wildman–Crippen LogP) is -0.0237. The molecule has 3 heteroatoms. The number of nitrogens with one attached hydrogen (secondary N) is 1. The highest BCUT2D eigenvalue weighted by Crippen LogP contribution is 2.09. The molecular formula is C17H28N2O+2. The van der Waals surface area contributed by atoms with Gasteiger partial charge in [0, 0.05) is 25.0 Å². The third kappa shape index (κ3) is 4.05. The van der Waals surface area contributed by atoms with Crippen LogP contribution in [0.1, 0.15) is 31.2 Å². The highest BCUT2D eigenvalue weighted by Gasteiger charge is 2.26. The van der Waals surface area contributed by atoms with E-state index in [9.17, 15) is 0 Å². The van der Waals surface area contributed by atoms with Crippen molar-refractivity contribution in [1.82, 2.24) is 0 Å². The van der Waals surface area contributed by atoms with Crippen molar-refractivity contribution < 1.29 is 15.0 Å². The first-order valence-electron chi connectivity index (χ1n) is 8.22. The molecule has 1 aromatic carbocycles. The Hall–Kier alpha value is -0.900. The van der Waals surface area contributed by atoms with Gasteiger partial charge in [-0.15, -0.1) is 0 Å². The van der Waals surface area contributed by atoms with Gasteiger partial charge in [0.1, 0.15) is 19.2 Å². The van der Waals surface area contributed by atoms with Crippen molar-refractivity contribution >= 4 is 0 Å². The molecule has 0 radical (unpaired) electrons. The lowest BCUT2D eigenvalue weighted by Gasteiger charge is -2.28. The van der Waals surface area contributed by atoms with Gasteiger partial charge in [0.25, 0.3) is 0 Å². The predicted molar refractivity (Wildman–Crippen MR) is 79.6 cm³/mol. The summed E-state index contributed by atoms with van der Waals surface area (Å²) in [4.78, 5) is 1.75. The highest BCUT2D eigenvalue weighted by atomic mass is 16.5. The maximum atomic E-state index is 5.71. The van der Waals surface area contributed by atoms with Crippen molar-refractivity contribution in [3.05, 3.63) is 35.9 Å². The summed E-state index contributed by atoms with van der Waals surface area (Å²) < 4.78 is 5.71. The summed E-state index contributed by atoms with van der Waals surface area (Å²) in [6.07, 6.45) is 5.78. The van der Waals surface area contributed by atoms with Crippen LogP contribution in [0.5, 0.6) is 0 Å². The van der Waals surface area contributed by atoms with Gasteiger partial charge in [0.05, 0.1) is 19.1 Å². The van der Waals surface area contributed by atoms with E-state index in [4.69, 9.17) is 4.74 Å². The zero-order valence-corrected chi connectivity index (χ0v) is 12.4. The number of hydrogen-bond acceptors (Lipinski definition) is 1. The van der Waals surface area contributed by atoms with E-state index in [1.807, 2.05) is 0 Å². The third-order valence-electron chi connectivity index (χ3n) is 4.79. The first kappa shape index (κ1) is 14.1. The number of ether oxygens (including phenoxy) is 1. The quantitative estimate of drug-likeness (QED) is 0.778. The zero-order valence-electron chi connectivity index (χ0n) is 12.4. The van der Waals surface area contributed by atoms with Gasteiger partial charge in [-0.2, -0.15) is 0 Å². The molecule has 2 aliphatic rings. The summed E-state index contributed by atoms with van der Waals surface area (Å²) in [7, 11) is 0. The third-order valence-corrected chi connectivity index (χ3v) is 4.79. The Bertz CT molecular complexity index is 381. The number of hydrogen-bond donors (Lipinski definition) is 2. The monoisotopic (exact) mass is 276 g/mol. The van der Waals surface area contributed by atoms with E-state index >= 15 is 0 Å². The van der Waals surface area contributed by atoms with Crippen LogP contribution in [0.4, 0.5) is 0 Å². The molecule has 0 amide bonds. The van der Waals surface area contributed by atoms with E-state index in [2.05, 4.69) is 35.6 Å². The average Bonchev–Trinajstić information content (AvgIpc) is 3.01. The van der Waals surface area contributed by atoms with Gasteiger partial charge in [-0.25, -0.2) is 0 Å². The van der Waals surface area contributed by atoms with Gasteiger partial charge in [-0.05, 0) is 12.8 Å². The normalized spacial score (nSPS) is 30.5. The maximum Gasteiger partial charge on any atom is 0.106 e. The fraction of sp³-hybridized carbons (Fsp3) is 0.647. The van der Waals surface area contributed by atoms with Crippen molar-refractivity contribution in [2.75, 3.05) is 26.2 Å². The minimum atomic E-state index is 0.532. The number of likely N-dealkylation sites (tertiary alicyclic amines) is 1. The summed E-state index contributed by atoms with van der Waals surface area (Å²) in [6.45, 7) is 6.00. The van der Waals surface area contributed by atoms with Crippen LogP contribution in [0.15, 0.2) is 30.3 Å². The topological polar surface area (TPSA) is 30.3 Å². The molecule has 0 saturated carbocycles. The van der Waals surface area contributed by atoms with Gasteiger partial charge in [-0.1, -0.05) is 30.3 Å².